The quantitative estimate of drug-likeness (QED) is 0.509. The van der Waals surface area contributed by atoms with Gasteiger partial charge in [0.05, 0.1) is 17.3 Å². The molecule has 0 bridgehead atoms. The van der Waals surface area contributed by atoms with Crippen molar-refractivity contribution in [2.24, 2.45) is 0 Å². The van der Waals surface area contributed by atoms with E-state index in [4.69, 9.17) is 11.6 Å². The molecule has 0 fully saturated rings. The summed E-state index contributed by atoms with van der Waals surface area (Å²) in [6.07, 6.45) is 1.23. The molecule has 6 heteroatoms. The van der Waals surface area contributed by atoms with E-state index in [-0.39, 0.29) is 18.4 Å². The van der Waals surface area contributed by atoms with Gasteiger partial charge in [0.1, 0.15) is 0 Å². The Kier molecular flexibility index (Phi) is 6.50. The molecule has 28 heavy (non-hydrogen) atoms. The lowest BCUT2D eigenvalue weighted by Crippen LogP contribution is -2.22. The maximum absolute atomic E-state index is 12.4. The topological polar surface area (TPSA) is 70.2 Å². The fraction of sp³-hybridized carbons (Fsp3) is 0.182. The third-order valence-corrected chi connectivity index (χ3v) is 4.56. The van der Waals surface area contributed by atoms with Crippen molar-refractivity contribution in [3.8, 4) is 0 Å². The molecule has 0 heterocycles. The summed E-state index contributed by atoms with van der Waals surface area (Å²) in [6.45, 7) is 2.00. The van der Waals surface area contributed by atoms with Crippen molar-refractivity contribution >= 4 is 51.2 Å². The second-order valence-electron chi connectivity index (χ2n) is 6.42. The minimum absolute atomic E-state index is 0.0509. The Labute approximate surface area is 169 Å². The Morgan fingerprint density at radius 2 is 1.68 bits per heavy atom. The van der Waals surface area contributed by atoms with Gasteiger partial charge in [0, 0.05) is 23.2 Å². The van der Waals surface area contributed by atoms with E-state index in [1.807, 2.05) is 49.4 Å². The number of halogens is 1. The third kappa shape index (κ3) is 5.02. The third-order valence-electron chi connectivity index (χ3n) is 4.23. The average molecular weight is 396 g/mol. The summed E-state index contributed by atoms with van der Waals surface area (Å²) in [5, 5.41) is 11.3. The second kappa shape index (κ2) is 9.24. The van der Waals surface area contributed by atoms with Gasteiger partial charge in [-0.3, -0.25) is 9.59 Å². The maximum atomic E-state index is 12.4. The first-order chi connectivity index (χ1) is 13.6. The summed E-state index contributed by atoms with van der Waals surface area (Å²) in [6, 6.07) is 18.8. The number of carbonyl (C=O) groups is 2. The SMILES string of the molecule is CCCC(=O)Nc1ccc(Cl)c(NCC(=O)Nc2cccc3ccccc23)c1. The van der Waals surface area contributed by atoms with E-state index >= 15 is 0 Å². The maximum Gasteiger partial charge on any atom is 0.243 e. The molecule has 0 aliphatic rings. The standard InChI is InChI=1S/C22H22ClN3O2/c1-2-6-21(27)25-16-11-12-18(23)20(13-16)24-14-22(28)26-19-10-5-8-15-7-3-4-9-17(15)19/h3-5,7-13,24H,2,6,14H2,1H3,(H,25,27)(H,26,28). The zero-order valence-corrected chi connectivity index (χ0v) is 16.3. The molecular weight excluding hydrogens is 374 g/mol. The molecular formula is C22H22ClN3O2. The van der Waals surface area contributed by atoms with Crippen LogP contribution in [0.5, 0.6) is 0 Å². The minimum Gasteiger partial charge on any atom is -0.375 e. The van der Waals surface area contributed by atoms with Crippen molar-refractivity contribution in [3.05, 3.63) is 65.7 Å². The number of carbonyl (C=O) groups excluding carboxylic acids is 2. The van der Waals surface area contributed by atoms with Crippen LogP contribution in [0.1, 0.15) is 19.8 Å². The summed E-state index contributed by atoms with van der Waals surface area (Å²) < 4.78 is 0. The average Bonchev–Trinajstić information content (AvgIpc) is 2.69. The Bertz CT molecular complexity index is 999. The molecule has 0 aliphatic carbocycles. The van der Waals surface area contributed by atoms with Crippen LogP contribution in [0.4, 0.5) is 17.1 Å². The lowest BCUT2D eigenvalue weighted by Gasteiger charge is -2.12. The molecule has 0 radical (unpaired) electrons. The number of hydrogen-bond donors (Lipinski definition) is 3. The number of rotatable bonds is 7. The zero-order chi connectivity index (χ0) is 19.9. The molecule has 0 saturated heterocycles. The monoisotopic (exact) mass is 395 g/mol. The van der Waals surface area contributed by atoms with E-state index in [0.717, 1.165) is 22.9 Å². The van der Waals surface area contributed by atoms with Crippen molar-refractivity contribution in [3.63, 3.8) is 0 Å². The van der Waals surface area contributed by atoms with Gasteiger partial charge >= 0.3 is 0 Å². The van der Waals surface area contributed by atoms with Crippen molar-refractivity contribution < 1.29 is 9.59 Å². The van der Waals surface area contributed by atoms with E-state index in [1.165, 1.54) is 0 Å². The number of benzene rings is 3. The number of nitrogens with one attached hydrogen (secondary N) is 3. The number of anilines is 3. The molecule has 0 aliphatic heterocycles. The first kappa shape index (κ1) is 19.7. The van der Waals surface area contributed by atoms with E-state index < -0.39 is 0 Å². The Balaban J connectivity index is 1.65. The van der Waals surface area contributed by atoms with Crippen LogP contribution in [0.2, 0.25) is 5.02 Å². The highest BCUT2D eigenvalue weighted by atomic mass is 35.5. The smallest absolute Gasteiger partial charge is 0.243 e. The highest BCUT2D eigenvalue weighted by Gasteiger charge is 2.09. The highest BCUT2D eigenvalue weighted by molar-refractivity contribution is 6.33. The van der Waals surface area contributed by atoms with Crippen LogP contribution in [-0.4, -0.2) is 18.4 Å². The molecule has 3 aromatic carbocycles. The van der Waals surface area contributed by atoms with Crippen molar-refractivity contribution in [1.29, 1.82) is 0 Å². The fourth-order valence-electron chi connectivity index (χ4n) is 2.89. The minimum atomic E-state index is -0.187. The lowest BCUT2D eigenvalue weighted by atomic mass is 10.1. The van der Waals surface area contributed by atoms with Crippen LogP contribution in [0.3, 0.4) is 0 Å². The summed E-state index contributed by atoms with van der Waals surface area (Å²) in [7, 11) is 0. The molecule has 0 unspecified atom stereocenters. The van der Waals surface area contributed by atoms with Crippen LogP contribution in [0, 0.1) is 0 Å². The lowest BCUT2D eigenvalue weighted by molar-refractivity contribution is -0.116. The largest absolute Gasteiger partial charge is 0.375 e. The normalized spacial score (nSPS) is 10.5. The van der Waals surface area contributed by atoms with Gasteiger partial charge in [-0.2, -0.15) is 0 Å². The molecule has 0 spiro atoms. The molecule has 144 valence electrons. The zero-order valence-electron chi connectivity index (χ0n) is 15.6. The molecule has 3 rings (SSSR count). The molecule has 0 atom stereocenters. The van der Waals surface area contributed by atoms with Gasteiger partial charge in [-0.05, 0) is 36.1 Å². The summed E-state index contributed by atoms with van der Waals surface area (Å²) in [4.78, 5) is 24.2. The molecule has 2 amide bonds. The molecule has 3 N–H and O–H groups in total. The first-order valence-electron chi connectivity index (χ1n) is 9.17. The fourth-order valence-corrected chi connectivity index (χ4v) is 3.08. The molecule has 3 aromatic rings. The van der Waals surface area contributed by atoms with Gasteiger partial charge in [0.2, 0.25) is 11.8 Å². The summed E-state index contributed by atoms with van der Waals surface area (Å²) in [5.74, 6) is -0.239. The Hall–Kier alpha value is -3.05. The van der Waals surface area contributed by atoms with Gasteiger partial charge in [-0.15, -0.1) is 0 Å². The van der Waals surface area contributed by atoms with E-state index in [0.29, 0.717) is 22.8 Å². The van der Waals surface area contributed by atoms with Gasteiger partial charge in [0.15, 0.2) is 0 Å². The van der Waals surface area contributed by atoms with Crippen LogP contribution < -0.4 is 16.0 Å². The van der Waals surface area contributed by atoms with Gasteiger partial charge < -0.3 is 16.0 Å². The van der Waals surface area contributed by atoms with Crippen LogP contribution in [0.15, 0.2) is 60.7 Å². The van der Waals surface area contributed by atoms with E-state index in [2.05, 4.69) is 16.0 Å². The Morgan fingerprint density at radius 3 is 2.50 bits per heavy atom. The van der Waals surface area contributed by atoms with Gasteiger partial charge in [0.25, 0.3) is 0 Å². The van der Waals surface area contributed by atoms with Crippen molar-refractivity contribution in [2.75, 3.05) is 22.5 Å². The van der Waals surface area contributed by atoms with E-state index in [9.17, 15) is 9.59 Å². The van der Waals surface area contributed by atoms with Gasteiger partial charge in [-0.1, -0.05) is 54.9 Å². The van der Waals surface area contributed by atoms with Gasteiger partial charge in [-0.25, -0.2) is 0 Å². The molecule has 0 aromatic heterocycles. The summed E-state index contributed by atoms with van der Waals surface area (Å²) >= 11 is 6.21. The number of hydrogen-bond acceptors (Lipinski definition) is 3. The van der Waals surface area contributed by atoms with Crippen LogP contribution in [-0.2, 0) is 9.59 Å². The second-order valence-corrected chi connectivity index (χ2v) is 6.83. The highest BCUT2D eigenvalue weighted by Crippen LogP contribution is 2.26. The Morgan fingerprint density at radius 1 is 0.893 bits per heavy atom. The molecule has 0 saturated carbocycles. The number of fused-ring (bicyclic) bond motifs is 1. The molecule has 5 nitrogen and oxygen atoms in total. The summed E-state index contributed by atoms with van der Waals surface area (Å²) in [5.41, 5.74) is 1.99. The van der Waals surface area contributed by atoms with Crippen molar-refractivity contribution in [2.45, 2.75) is 19.8 Å². The first-order valence-corrected chi connectivity index (χ1v) is 9.55. The predicted octanol–water partition coefficient (Wildman–Crippen LogP) is 5.28. The van der Waals surface area contributed by atoms with E-state index in [1.54, 1.807) is 18.2 Å². The predicted molar refractivity (Wildman–Crippen MR) is 116 cm³/mol. The number of amides is 2. The van der Waals surface area contributed by atoms with Crippen LogP contribution in [0.25, 0.3) is 10.8 Å². The van der Waals surface area contributed by atoms with Crippen molar-refractivity contribution in [1.82, 2.24) is 0 Å². The van der Waals surface area contributed by atoms with Crippen LogP contribution >= 0.6 is 11.6 Å².